The minimum absolute atomic E-state index is 0.213. The summed E-state index contributed by atoms with van der Waals surface area (Å²) in [5, 5.41) is 3.24. The van der Waals surface area contributed by atoms with Gasteiger partial charge in [-0.05, 0) is 55.9 Å². The van der Waals surface area contributed by atoms with Crippen molar-refractivity contribution in [2.45, 2.75) is 69.4 Å². The smallest absolute Gasteiger partial charge is 0.220 e. The van der Waals surface area contributed by atoms with Gasteiger partial charge in [-0.2, -0.15) is 0 Å². The van der Waals surface area contributed by atoms with E-state index >= 15 is 0 Å². The van der Waals surface area contributed by atoms with Crippen molar-refractivity contribution in [3.05, 3.63) is 35.9 Å². The molecule has 0 heterocycles. The van der Waals surface area contributed by atoms with Crippen molar-refractivity contribution >= 4 is 5.91 Å². The molecule has 1 aromatic carbocycles. The van der Waals surface area contributed by atoms with Gasteiger partial charge in [-0.25, -0.2) is 0 Å². The molecule has 1 aromatic rings. The molecule has 22 heavy (non-hydrogen) atoms. The first-order chi connectivity index (χ1) is 10.7. The summed E-state index contributed by atoms with van der Waals surface area (Å²) >= 11 is 0. The van der Waals surface area contributed by atoms with Crippen molar-refractivity contribution in [1.29, 1.82) is 0 Å². The van der Waals surface area contributed by atoms with E-state index in [4.69, 9.17) is 5.73 Å². The summed E-state index contributed by atoms with van der Waals surface area (Å²) in [7, 11) is 0. The highest BCUT2D eigenvalue weighted by atomic mass is 16.1. The van der Waals surface area contributed by atoms with E-state index in [1.807, 2.05) is 0 Å². The number of rotatable bonds is 4. The summed E-state index contributed by atoms with van der Waals surface area (Å²) in [6, 6.07) is 11.4. The summed E-state index contributed by atoms with van der Waals surface area (Å²) in [4.78, 5) is 12.2. The molecule has 3 rings (SSSR count). The fraction of sp³-hybridized carbons (Fsp3) is 0.632. The first-order valence-corrected chi connectivity index (χ1v) is 8.82. The molecule has 2 aliphatic carbocycles. The average Bonchev–Trinajstić information content (AvgIpc) is 2.94. The maximum Gasteiger partial charge on any atom is 0.220 e. The molecule has 2 saturated carbocycles. The Hall–Kier alpha value is -1.35. The van der Waals surface area contributed by atoms with Crippen LogP contribution in [0.15, 0.2) is 30.3 Å². The maximum absolute atomic E-state index is 12.2. The lowest BCUT2D eigenvalue weighted by molar-refractivity contribution is -0.123. The fourth-order valence-corrected chi connectivity index (χ4v) is 4.14. The van der Waals surface area contributed by atoms with E-state index in [0.717, 1.165) is 25.7 Å². The monoisotopic (exact) mass is 300 g/mol. The van der Waals surface area contributed by atoms with Gasteiger partial charge in [0.05, 0.1) is 0 Å². The number of amides is 1. The van der Waals surface area contributed by atoms with Crippen molar-refractivity contribution in [3.63, 3.8) is 0 Å². The van der Waals surface area contributed by atoms with Gasteiger partial charge in [0.1, 0.15) is 0 Å². The number of hydrogen-bond acceptors (Lipinski definition) is 2. The second kappa shape index (κ2) is 7.28. The van der Waals surface area contributed by atoms with Gasteiger partial charge in [-0.3, -0.25) is 4.79 Å². The number of hydrogen-bond donors (Lipinski definition) is 2. The molecule has 0 spiro atoms. The summed E-state index contributed by atoms with van der Waals surface area (Å²) in [6.07, 6.45) is 8.57. The van der Waals surface area contributed by atoms with Gasteiger partial charge in [0.25, 0.3) is 0 Å². The van der Waals surface area contributed by atoms with Gasteiger partial charge >= 0.3 is 0 Å². The van der Waals surface area contributed by atoms with Crippen LogP contribution in [-0.4, -0.2) is 18.0 Å². The van der Waals surface area contributed by atoms with Crippen LogP contribution in [0, 0.1) is 5.92 Å². The molecule has 0 saturated heterocycles. The third kappa shape index (κ3) is 3.89. The quantitative estimate of drug-likeness (QED) is 0.896. The summed E-state index contributed by atoms with van der Waals surface area (Å²) in [6.45, 7) is 0. The Morgan fingerprint density at radius 1 is 1.05 bits per heavy atom. The van der Waals surface area contributed by atoms with E-state index in [-0.39, 0.29) is 11.9 Å². The Kier molecular flexibility index (Phi) is 5.14. The van der Waals surface area contributed by atoms with Crippen LogP contribution in [0.1, 0.15) is 62.8 Å². The maximum atomic E-state index is 12.2. The van der Waals surface area contributed by atoms with Crippen molar-refractivity contribution in [2.24, 2.45) is 11.7 Å². The minimum atomic E-state index is 0.213. The predicted molar refractivity (Wildman–Crippen MR) is 89.5 cm³/mol. The zero-order chi connectivity index (χ0) is 15.4. The second-order valence-electron chi connectivity index (χ2n) is 7.09. The Bertz CT molecular complexity index is 479. The predicted octanol–water partition coefficient (Wildman–Crippen LogP) is 3.35. The molecule has 0 radical (unpaired) electrons. The molecule has 2 fully saturated rings. The highest BCUT2D eigenvalue weighted by Crippen LogP contribution is 2.33. The van der Waals surface area contributed by atoms with E-state index < -0.39 is 0 Å². The minimum Gasteiger partial charge on any atom is -0.353 e. The van der Waals surface area contributed by atoms with Gasteiger partial charge < -0.3 is 11.1 Å². The molecule has 2 aliphatic rings. The molecular formula is C19H28N2O. The van der Waals surface area contributed by atoms with Crippen LogP contribution >= 0.6 is 0 Å². The SMILES string of the molecule is N[C@@H]1CCC[C@H]1CC(=O)NC1CCC(c2ccccc2)CC1. The van der Waals surface area contributed by atoms with Gasteiger partial charge in [0.15, 0.2) is 0 Å². The van der Waals surface area contributed by atoms with Gasteiger partial charge in [0.2, 0.25) is 5.91 Å². The summed E-state index contributed by atoms with van der Waals surface area (Å²) < 4.78 is 0. The number of carbonyl (C=O) groups excluding carboxylic acids is 1. The van der Waals surface area contributed by atoms with E-state index in [1.165, 1.54) is 24.8 Å². The van der Waals surface area contributed by atoms with Crippen LogP contribution in [0.25, 0.3) is 0 Å². The van der Waals surface area contributed by atoms with Crippen molar-refractivity contribution in [3.8, 4) is 0 Å². The van der Waals surface area contributed by atoms with Gasteiger partial charge in [-0.1, -0.05) is 36.8 Å². The second-order valence-corrected chi connectivity index (χ2v) is 7.09. The van der Waals surface area contributed by atoms with Gasteiger partial charge in [0, 0.05) is 18.5 Å². The topological polar surface area (TPSA) is 55.1 Å². The van der Waals surface area contributed by atoms with E-state index in [0.29, 0.717) is 24.3 Å². The van der Waals surface area contributed by atoms with Gasteiger partial charge in [-0.15, -0.1) is 0 Å². The van der Waals surface area contributed by atoms with Crippen molar-refractivity contribution in [1.82, 2.24) is 5.32 Å². The van der Waals surface area contributed by atoms with E-state index in [9.17, 15) is 4.79 Å². The standard InChI is InChI=1S/C19H28N2O/c20-18-8-4-7-16(18)13-19(22)21-17-11-9-15(10-12-17)14-5-2-1-3-6-14/h1-3,5-6,15-18H,4,7-13,20H2,(H,21,22)/t15?,16-,17?,18+/m0/s1. The van der Waals surface area contributed by atoms with E-state index in [2.05, 4.69) is 35.6 Å². The molecule has 0 aromatic heterocycles. The molecule has 0 bridgehead atoms. The Morgan fingerprint density at radius 2 is 1.77 bits per heavy atom. The van der Waals surface area contributed by atoms with Crippen LogP contribution in [0.2, 0.25) is 0 Å². The molecular weight excluding hydrogens is 272 g/mol. The molecule has 0 aliphatic heterocycles. The summed E-state index contributed by atoms with van der Waals surface area (Å²) in [5.41, 5.74) is 7.51. The largest absolute Gasteiger partial charge is 0.353 e. The van der Waals surface area contributed by atoms with Crippen LogP contribution in [-0.2, 0) is 4.79 Å². The number of benzene rings is 1. The van der Waals surface area contributed by atoms with Crippen molar-refractivity contribution in [2.75, 3.05) is 0 Å². The molecule has 120 valence electrons. The molecule has 0 unspecified atom stereocenters. The lowest BCUT2D eigenvalue weighted by Crippen LogP contribution is -2.39. The third-order valence-electron chi connectivity index (χ3n) is 5.53. The van der Waals surface area contributed by atoms with Crippen molar-refractivity contribution < 1.29 is 4.79 Å². The molecule has 3 nitrogen and oxygen atoms in total. The Labute approximate surface area is 133 Å². The highest BCUT2D eigenvalue weighted by molar-refractivity contribution is 5.76. The first-order valence-electron chi connectivity index (χ1n) is 8.82. The Balaban J connectivity index is 1.43. The van der Waals surface area contributed by atoms with Crippen LogP contribution in [0.3, 0.4) is 0 Å². The van der Waals surface area contributed by atoms with E-state index in [1.54, 1.807) is 0 Å². The fourth-order valence-electron chi connectivity index (χ4n) is 4.14. The van der Waals surface area contributed by atoms with Crippen LogP contribution in [0.5, 0.6) is 0 Å². The molecule has 3 heteroatoms. The molecule has 1 amide bonds. The Morgan fingerprint density at radius 3 is 2.41 bits per heavy atom. The number of nitrogens with one attached hydrogen (secondary N) is 1. The third-order valence-corrected chi connectivity index (χ3v) is 5.53. The lowest BCUT2D eigenvalue weighted by Gasteiger charge is -2.30. The average molecular weight is 300 g/mol. The van der Waals surface area contributed by atoms with Crippen LogP contribution < -0.4 is 11.1 Å². The molecule has 2 atom stereocenters. The lowest BCUT2D eigenvalue weighted by atomic mass is 9.81. The molecule has 3 N–H and O–H groups in total. The first kappa shape index (κ1) is 15.5. The highest BCUT2D eigenvalue weighted by Gasteiger charge is 2.28. The summed E-state index contributed by atoms with van der Waals surface area (Å²) in [5.74, 6) is 1.28. The normalized spacial score (nSPS) is 31.9. The number of nitrogens with two attached hydrogens (primary N) is 1. The zero-order valence-corrected chi connectivity index (χ0v) is 13.3. The number of carbonyl (C=O) groups is 1. The van der Waals surface area contributed by atoms with Crippen LogP contribution in [0.4, 0.5) is 0 Å². The zero-order valence-electron chi connectivity index (χ0n) is 13.3.